The van der Waals surface area contributed by atoms with E-state index in [4.69, 9.17) is 4.74 Å². The van der Waals surface area contributed by atoms with Gasteiger partial charge < -0.3 is 15.0 Å². The molecular weight excluding hydrogens is 538 g/mol. The molecule has 3 rings (SSSR count). The second-order valence-corrected chi connectivity index (χ2v) is 12.1. The minimum absolute atomic E-state index is 0.0262. The van der Waals surface area contributed by atoms with Crippen LogP contribution in [0.5, 0.6) is 5.75 Å². The number of hydrogen-bond acceptors (Lipinski definition) is 5. The first-order valence-electron chi connectivity index (χ1n) is 13.9. The molecule has 2 atom stereocenters. The molecule has 0 bridgehead atoms. The molecule has 0 radical (unpaired) electrons. The maximum atomic E-state index is 14.1. The van der Waals surface area contributed by atoms with Gasteiger partial charge >= 0.3 is 0 Å². The number of carbonyl (C=O) groups is 2. The first-order valence-corrected chi connectivity index (χ1v) is 15.3. The summed E-state index contributed by atoms with van der Waals surface area (Å²) in [5, 5.41) is 2.99. The van der Waals surface area contributed by atoms with Crippen LogP contribution in [0.4, 0.5) is 5.69 Å². The van der Waals surface area contributed by atoms with Gasteiger partial charge in [0.1, 0.15) is 18.3 Å². The van der Waals surface area contributed by atoms with E-state index in [9.17, 15) is 18.0 Å². The van der Waals surface area contributed by atoms with E-state index in [1.807, 2.05) is 58.9 Å². The third-order valence-electron chi connectivity index (χ3n) is 7.11. The fourth-order valence-electron chi connectivity index (χ4n) is 4.37. The molecule has 220 valence electrons. The van der Waals surface area contributed by atoms with Crippen molar-refractivity contribution in [2.45, 2.75) is 71.0 Å². The summed E-state index contributed by atoms with van der Waals surface area (Å²) in [7, 11) is -2.64. The van der Waals surface area contributed by atoms with Gasteiger partial charge in [-0.15, -0.1) is 0 Å². The first kappa shape index (κ1) is 31.7. The third kappa shape index (κ3) is 8.10. The number of ether oxygens (including phenoxy) is 1. The lowest BCUT2D eigenvalue weighted by atomic mass is 10.1. The molecule has 0 spiro atoms. The molecule has 8 nitrogen and oxygen atoms in total. The van der Waals surface area contributed by atoms with Crippen molar-refractivity contribution in [1.29, 1.82) is 0 Å². The Kier molecular flexibility index (Phi) is 10.9. The number of benzene rings is 3. The maximum Gasteiger partial charge on any atom is 0.264 e. The number of sulfonamides is 1. The van der Waals surface area contributed by atoms with Crippen LogP contribution in [0.3, 0.4) is 0 Å². The molecule has 2 amide bonds. The number of anilines is 1. The molecule has 3 aromatic rings. The van der Waals surface area contributed by atoms with Gasteiger partial charge in [-0.1, -0.05) is 61.4 Å². The van der Waals surface area contributed by atoms with Crippen molar-refractivity contribution in [2.24, 2.45) is 0 Å². The molecular formula is C32H41N3O5S. The topological polar surface area (TPSA) is 96.0 Å². The Bertz CT molecular complexity index is 1410. The summed E-state index contributed by atoms with van der Waals surface area (Å²) in [6.07, 6.45) is 1.12. The molecule has 0 aliphatic heterocycles. The van der Waals surface area contributed by atoms with Crippen LogP contribution in [0, 0.1) is 13.8 Å². The summed E-state index contributed by atoms with van der Waals surface area (Å²) in [5.74, 6) is -0.221. The Morgan fingerprint density at radius 3 is 1.93 bits per heavy atom. The van der Waals surface area contributed by atoms with Crippen LogP contribution in [0.2, 0.25) is 0 Å². The Morgan fingerprint density at radius 2 is 1.41 bits per heavy atom. The predicted octanol–water partition coefficient (Wildman–Crippen LogP) is 5.23. The molecule has 0 aromatic heterocycles. The Hall–Kier alpha value is -3.85. The number of carbonyl (C=O) groups excluding carboxylic acids is 2. The minimum Gasteiger partial charge on any atom is -0.497 e. The van der Waals surface area contributed by atoms with Gasteiger partial charge in [-0.3, -0.25) is 13.9 Å². The number of amides is 2. The number of hydrogen-bond donors (Lipinski definition) is 1. The van der Waals surface area contributed by atoms with E-state index in [1.54, 1.807) is 36.4 Å². The highest BCUT2D eigenvalue weighted by Gasteiger charge is 2.34. The summed E-state index contributed by atoms with van der Waals surface area (Å²) in [6, 6.07) is 19.9. The summed E-state index contributed by atoms with van der Waals surface area (Å²) in [5.41, 5.74) is 3.23. The van der Waals surface area contributed by atoms with Crippen LogP contribution < -0.4 is 14.4 Å². The zero-order chi connectivity index (χ0) is 30.2. The molecule has 0 saturated carbocycles. The van der Waals surface area contributed by atoms with Crippen LogP contribution >= 0.6 is 0 Å². The summed E-state index contributed by atoms with van der Waals surface area (Å²) in [4.78, 5) is 29.0. The second kappa shape index (κ2) is 14.2. The summed E-state index contributed by atoms with van der Waals surface area (Å²) >= 11 is 0. The number of aryl methyl sites for hydroxylation is 2. The van der Waals surface area contributed by atoms with Crippen molar-refractivity contribution in [3.8, 4) is 5.75 Å². The minimum atomic E-state index is -4.14. The molecule has 9 heteroatoms. The van der Waals surface area contributed by atoms with E-state index in [2.05, 4.69) is 5.32 Å². The number of methoxy groups -OCH3 is 1. The molecule has 0 fully saturated rings. The fourth-order valence-corrected chi connectivity index (χ4v) is 5.78. The Labute approximate surface area is 244 Å². The lowest BCUT2D eigenvalue weighted by Crippen LogP contribution is -2.53. The maximum absolute atomic E-state index is 14.1. The van der Waals surface area contributed by atoms with Crippen molar-refractivity contribution in [1.82, 2.24) is 10.2 Å². The van der Waals surface area contributed by atoms with E-state index < -0.39 is 28.5 Å². The zero-order valence-electron chi connectivity index (χ0n) is 24.8. The van der Waals surface area contributed by atoms with Gasteiger partial charge in [0.2, 0.25) is 11.8 Å². The highest BCUT2D eigenvalue weighted by molar-refractivity contribution is 7.92. The van der Waals surface area contributed by atoms with Crippen molar-refractivity contribution >= 4 is 27.5 Å². The van der Waals surface area contributed by atoms with Crippen LogP contribution in [0.25, 0.3) is 0 Å². The number of nitrogens with one attached hydrogen (secondary N) is 1. The fraction of sp³-hybridized carbons (Fsp3) is 0.375. The summed E-state index contributed by atoms with van der Waals surface area (Å²) in [6.45, 7) is 9.31. The standard InChI is InChI=1S/C32H41N3O5S/c1-7-25(5)33-32(37)30(8-2)34(21-26-13-9-23(3)10-14-26)31(36)22-35(27-15-11-24(4)12-16-27)41(38,39)29-19-17-28(40-6)18-20-29/h9-20,25,30H,7-8,21-22H2,1-6H3,(H,33,37)/t25-,30+/m1/s1. The Balaban J connectivity index is 2.05. The van der Waals surface area contributed by atoms with Gasteiger partial charge in [0.05, 0.1) is 17.7 Å². The van der Waals surface area contributed by atoms with Gasteiger partial charge in [-0.05, 0) is 75.6 Å². The third-order valence-corrected chi connectivity index (χ3v) is 8.90. The van der Waals surface area contributed by atoms with E-state index >= 15 is 0 Å². The van der Waals surface area contributed by atoms with Crippen LogP contribution in [-0.2, 0) is 26.2 Å². The van der Waals surface area contributed by atoms with E-state index in [-0.39, 0.29) is 23.4 Å². The van der Waals surface area contributed by atoms with E-state index in [0.29, 0.717) is 17.9 Å². The van der Waals surface area contributed by atoms with Crippen LogP contribution in [0.1, 0.15) is 50.3 Å². The predicted molar refractivity (Wildman–Crippen MR) is 162 cm³/mol. The van der Waals surface area contributed by atoms with E-state index in [0.717, 1.165) is 27.4 Å². The van der Waals surface area contributed by atoms with Crippen LogP contribution in [0.15, 0.2) is 77.7 Å². The van der Waals surface area contributed by atoms with Gasteiger partial charge in [0, 0.05) is 12.6 Å². The van der Waals surface area contributed by atoms with Gasteiger partial charge in [0.15, 0.2) is 0 Å². The lowest BCUT2D eigenvalue weighted by molar-refractivity contribution is -0.140. The molecule has 41 heavy (non-hydrogen) atoms. The van der Waals surface area contributed by atoms with Crippen molar-refractivity contribution in [2.75, 3.05) is 18.0 Å². The molecule has 1 N–H and O–H groups in total. The lowest BCUT2D eigenvalue weighted by Gasteiger charge is -2.33. The molecule has 0 heterocycles. The van der Waals surface area contributed by atoms with Crippen molar-refractivity contribution < 1.29 is 22.7 Å². The molecule has 0 unspecified atom stereocenters. The average molecular weight is 580 g/mol. The molecule has 0 saturated heterocycles. The molecule has 0 aliphatic carbocycles. The number of nitrogens with zero attached hydrogens (tertiary/aromatic N) is 2. The van der Waals surface area contributed by atoms with E-state index in [1.165, 1.54) is 24.1 Å². The van der Waals surface area contributed by atoms with Gasteiger partial charge in [0.25, 0.3) is 10.0 Å². The van der Waals surface area contributed by atoms with Gasteiger partial charge in [-0.25, -0.2) is 8.42 Å². The highest BCUT2D eigenvalue weighted by atomic mass is 32.2. The zero-order valence-corrected chi connectivity index (χ0v) is 25.6. The van der Waals surface area contributed by atoms with Crippen molar-refractivity contribution in [3.05, 3.63) is 89.5 Å². The molecule has 0 aliphatic rings. The average Bonchev–Trinajstić information content (AvgIpc) is 2.97. The quantitative estimate of drug-likeness (QED) is 0.299. The van der Waals surface area contributed by atoms with Crippen LogP contribution in [-0.4, -0.2) is 50.9 Å². The second-order valence-electron chi connectivity index (χ2n) is 10.3. The summed E-state index contributed by atoms with van der Waals surface area (Å²) < 4.78 is 34.2. The smallest absolute Gasteiger partial charge is 0.264 e. The normalized spacial score (nSPS) is 12.7. The Morgan fingerprint density at radius 1 is 0.854 bits per heavy atom. The molecule has 3 aromatic carbocycles. The van der Waals surface area contributed by atoms with Crippen molar-refractivity contribution in [3.63, 3.8) is 0 Å². The monoisotopic (exact) mass is 579 g/mol. The largest absolute Gasteiger partial charge is 0.497 e. The highest BCUT2D eigenvalue weighted by Crippen LogP contribution is 2.26. The van der Waals surface area contributed by atoms with Gasteiger partial charge in [-0.2, -0.15) is 0 Å². The first-order chi connectivity index (χ1) is 19.5. The SMILES string of the molecule is CC[C@@H](C)NC(=O)[C@H](CC)N(Cc1ccc(C)cc1)C(=O)CN(c1ccc(C)cc1)S(=O)(=O)c1ccc(OC)cc1. The number of rotatable bonds is 13.